The van der Waals surface area contributed by atoms with Crippen LogP contribution in [0.5, 0.6) is 5.75 Å². The summed E-state index contributed by atoms with van der Waals surface area (Å²) in [4.78, 5) is 11.1. The fourth-order valence-electron chi connectivity index (χ4n) is 3.85. The molecule has 0 spiro atoms. The highest BCUT2D eigenvalue weighted by Gasteiger charge is 2.40. The van der Waals surface area contributed by atoms with Gasteiger partial charge in [0.25, 0.3) is 0 Å². The van der Waals surface area contributed by atoms with Crippen LogP contribution < -0.4 is 15.4 Å². The highest BCUT2D eigenvalue weighted by molar-refractivity contribution is 6.13. The first-order valence-electron chi connectivity index (χ1n) is 10.7. The summed E-state index contributed by atoms with van der Waals surface area (Å²) in [5, 5.41) is 8.76. The van der Waals surface area contributed by atoms with Crippen molar-refractivity contribution in [1.82, 2.24) is 9.97 Å². The molecule has 1 aliphatic carbocycles. The molecule has 0 radical (unpaired) electrons. The normalized spacial score (nSPS) is 20.3. The fourth-order valence-corrected chi connectivity index (χ4v) is 3.85. The SMILES string of the molecule is CC(C)CC1COCCN1c1cc(C(=N)c2cc(OC3(C)CC3)ccc2N)ncn1. The summed E-state index contributed by atoms with van der Waals surface area (Å²) in [5.41, 5.74) is 8.11. The maximum Gasteiger partial charge on any atom is 0.133 e. The first-order valence-corrected chi connectivity index (χ1v) is 10.7. The van der Waals surface area contributed by atoms with Crippen LogP contribution in [0.25, 0.3) is 0 Å². The van der Waals surface area contributed by atoms with Crippen LogP contribution in [-0.4, -0.2) is 47.1 Å². The van der Waals surface area contributed by atoms with Crippen molar-refractivity contribution in [1.29, 1.82) is 5.41 Å². The van der Waals surface area contributed by atoms with Crippen LogP contribution in [0, 0.1) is 11.3 Å². The summed E-state index contributed by atoms with van der Waals surface area (Å²) in [6, 6.07) is 7.67. The average Bonchev–Trinajstić information content (AvgIpc) is 3.45. The highest BCUT2D eigenvalue weighted by Crippen LogP contribution is 2.40. The summed E-state index contributed by atoms with van der Waals surface area (Å²) < 4.78 is 11.8. The first-order chi connectivity index (χ1) is 14.3. The van der Waals surface area contributed by atoms with Crippen LogP contribution in [0.4, 0.5) is 11.5 Å². The molecule has 1 saturated carbocycles. The van der Waals surface area contributed by atoms with Gasteiger partial charge in [0.05, 0.1) is 30.7 Å². The molecule has 30 heavy (non-hydrogen) atoms. The Bertz CT molecular complexity index is 926. The van der Waals surface area contributed by atoms with Gasteiger partial charge in [-0.2, -0.15) is 0 Å². The molecule has 160 valence electrons. The first kappa shape index (κ1) is 20.6. The molecule has 3 N–H and O–H groups in total. The second kappa shape index (κ2) is 8.22. The number of morpholine rings is 1. The van der Waals surface area contributed by atoms with Crippen molar-refractivity contribution in [2.45, 2.75) is 51.7 Å². The molecule has 1 unspecified atom stereocenters. The predicted molar refractivity (Wildman–Crippen MR) is 118 cm³/mol. The maximum atomic E-state index is 8.76. The minimum Gasteiger partial charge on any atom is -0.488 e. The van der Waals surface area contributed by atoms with E-state index in [-0.39, 0.29) is 17.4 Å². The van der Waals surface area contributed by atoms with Crippen LogP contribution in [0.3, 0.4) is 0 Å². The number of aromatic nitrogens is 2. The average molecular weight is 410 g/mol. The Morgan fingerprint density at radius 1 is 1.33 bits per heavy atom. The number of anilines is 2. The lowest BCUT2D eigenvalue weighted by Crippen LogP contribution is -2.46. The van der Waals surface area contributed by atoms with Gasteiger partial charge in [-0.05, 0) is 50.3 Å². The maximum absolute atomic E-state index is 8.76. The number of hydrogen-bond donors (Lipinski definition) is 2. The van der Waals surface area contributed by atoms with Crippen LogP contribution in [0.1, 0.15) is 51.3 Å². The van der Waals surface area contributed by atoms with E-state index in [1.807, 2.05) is 18.2 Å². The molecule has 2 fully saturated rings. The number of nitrogens with one attached hydrogen (secondary N) is 1. The van der Waals surface area contributed by atoms with E-state index in [2.05, 4.69) is 35.6 Å². The number of rotatable bonds is 7. The summed E-state index contributed by atoms with van der Waals surface area (Å²) in [7, 11) is 0. The number of hydrogen-bond acceptors (Lipinski definition) is 7. The molecule has 7 heteroatoms. The molecule has 1 atom stereocenters. The monoisotopic (exact) mass is 409 g/mol. The molecule has 1 saturated heterocycles. The standard InChI is InChI=1S/C23H31N5O2/c1-15(2)10-16-13-29-9-8-28(16)21-12-20(26-14-27-21)22(25)18-11-17(4-5-19(18)24)30-23(3)6-7-23/h4-5,11-12,14-16,25H,6-10,13,24H2,1-3H3. The van der Waals surface area contributed by atoms with Crippen molar-refractivity contribution in [3.05, 3.63) is 41.9 Å². The van der Waals surface area contributed by atoms with Crippen LogP contribution in [-0.2, 0) is 4.74 Å². The molecule has 1 aromatic heterocycles. The topological polar surface area (TPSA) is 97.3 Å². The molecule has 0 bridgehead atoms. The second-order valence-electron chi connectivity index (χ2n) is 8.99. The second-order valence-corrected chi connectivity index (χ2v) is 8.99. The Labute approximate surface area is 178 Å². The largest absolute Gasteiger partial charge is 0.488 e. The van der Waals surface area contributed by atoms with Gasteiger partial charge in [0, 0.05) is 23.9 Å². The zero-order chi connectivity index (χ0) is 21.3. The summed E-state index contributed by atoms with van der Waals surface area (Å²) in [6.45, 7) is 8.68. The van der Waals surface area contributed by atoms with E-state index < -0.39 is 0 Å². The third-order valence-electron chi connectivity index (χ3n) is 5.79. The Hall–Kier alpha value is -2.67. The molecule has 2 aliphatic rings. The van der Waals surface area contributed by atoms with Crippen molar-refractivity contribution >= 4 is 17.2 Å². The van der Waals surface area contributed by atoms with Crippen molar-refractivity contribution in [2.24, 2.45) is 5.92 Å². The smallest absolute Gasteiger partial charge is 0.133 e. The zero-order valence-corrected chi connectivity index (χ0v) is 18.0. The molecule has 7 nitrogen and oxygen atoms in total. The van der Waals surface area contributed by atoms with Crippen molar-refractivity contribution in [2.75, 3.05) is 30.4 Å². The van der Waals surface area contributed by atoms with Gasteiger partial charge in [-0.15, -0.1) is 0 Å². The van der Waals surface area contributed by atoms with E-state index in [9.17, 15) is 0 Å². The lowest BCUT2D eigenvalue weighted by atomic mass is 10.0. The summed E-state index contributed by atoms with van der Waals surface area (Å²) >= 11 is 0. The van der Waals surface area contributed by atoms with Crippen molar-refractivity contribution < 1.29 is 9.47 Å². The number of nitrogen functional groups attached to an aromatic ring is 1. The van der Waals surface area contributed by atoms with Crippen molar-refractivity contribution in [3.8, 4) is 5.75 Å². The predicted octanol–water partition coefficient (Wildman–Crippen LogP) is 3.66. The molecular weight excluding hydrogens is 378 g/mol. The summed E-state index contributed by atoms with van der Waals surface area (Å²) in [6.07, 6.45) is 4.66. The van der Waals surface area contributed by atoms with Gasteiger partial charge in [0.1, 0.15) is 23.5 Å². The van der Waals surface area contributed by atoms with Gasteiger partial charge >= 0.3 is 0 Å². The van der Waals surface area contributed by atoms with E-state index >= 15 is 0 Å². The lowest BCUT2D eigenvalue weighted by Gasteiger charge is -2.37. The van der Waals surface area contributed by atoms with Gasteiger partial charge < -0.3 is 20.1 Å². The van der Waals surface area contributed by atoms with Gasteiger partial charge in [0.15, 0.2) is 0 Å². The van der Waals surface area contributed by atoms with Gasteiger partial charge in [0.2, 0.25) is 0 Å². The molecule has 2 heterocycles. The van der Waals surface area contributed by atoms with E-state index in [0.29, 0.717) is 36.1 Å². The summed E-state index contributed by atoms with van der Waals surface area (Å²) in [5.74, 6) is 2.13. The van der Waals surface area contributed by atoms with Gasteiger partial charge in [-0.25, -0.2) is 9.97 Å². The number of ether oxygens (including phenoxy) is 2. The number of benzene rings is 1. The fraction of sp³-hybridized carbons (Fsp3) is 0.522. The Morgan fingerprint density at radius 2 is 2.13 bits per heavy atom. The minimum atomic E-state index is -0.0839. The molecule has 1 aromatic carbocycles. The number of nitrogens with zero attached hydrogens (tertiary/aromatic N) is 3. The highest BCUT2D eigenvalue weighted by atomic mass is 16.5. The van der Waals surface area contributed by atoms with Crippen LogP contribution >= 0.6 is 0 Å². The molecule has 2 aromatic rings. The van der Waals surface area contributed by atoms with E-state index in [1.165, 1.54) is 6.33 Å². The zero-order valence-electron chi connectivity index (χ0n) is 18.0. The molecule has 0 amide bonds. The third kappa shape index (κ3) is 4.56. The van der Waals surface area contributed by atoms with Crippen molar-refractivity contribution in [3.63, 3.8) is 0 Å². The molecule has 4 rings (SSSR count). The Morgan fingerprint density at radius 3 is 2.87 bits per heavy atom. The van der Waals surface area contributed by atoms with E-state index in [0.717, 1.165) is 37.4 Å². The Kier molecular flexibility index (Phi) is 5.64. The van der Waals surface area contributed by atoms with Gasteiger partial charge in [-0.3, -0.25) is 5.41 Å². The molecular formula is C23H31N5O2. The van der Waals surface area contributed by atoms with E-state index in [1.54, 1.807) is 6.07 Å². The van der Waals surface area contributed by atoms with Crippen LogP contribution in [0.15, 0.2) is 30.6 Å². The van der Waals surface area contributed by atoms with Crippen LogP contribution in [0.2, 0.25) is 0 Å². The number of nitrogens with two attached hydrogens (primary N) is 1. The molecule has 1 aliphatic heterocycles. The minimum absolute atomic E-state index is 0.0839. The lowest BCUT2D eigenvalue weighted by molar-refractivity contribution is 0.0873. The van der Waals surface area contributed by atoms with Gasteiger partial charge in [-0.1, -0.05) is 13.8 Å². The quantitative estimate of drug-likeness (QED) is 0.535. The Balaban J connectivity index is 1.59. The third-order valence-corrected chi connectivity index (χ3v) is 5.79. The van der Waals surface area contributed by atoms with E-state index in [4.69, 9.17) is 20.6 Å².